The van der Waals surface area contributed by atoms with Gasteiger partial charge in [0.25, 0.3) is 5.56 Å². The quantitative estimate of drug-likeness (QED) is 0.812. The molecule has 3 N–H and O–H groups in total. The van der Waals surface area contributed by atoms with E-state index in [2.05, 4.69) is 9.97 Å². The lowest BCUT2D eigenvalue weighted by Gasteiger charge is -2.07. The first kappa shape index (κ1) is 11.3. The summed E-state index contributed by atoms with van der Waals surface area (Å²) in [5.41, 5.74) is 5.60. The van der Waals surface area contributed by atoms with Crippen LogP contribution in [0.5, 0.6) is 0 Å². The van der Waals surface area contributed by atoms with E-state index >= 15 is 0 Å². The Morgan fingerprint density at radius 2 is 2.12 bits per heavy atom. The second-order valence-corrected chi connectivity index (χ2v) is 4.17. The first-order valence-electron chi connectivity index (χ1n) is 5.33. The van der Waals surface area contributed by atoms with Crippen molar-refractivity contribution in [3.63, 3.8) is 0 Å². The molecular formula is C12H13N3O2. The van der Waals surface area contributed by atoms with Crippen molar-refractivity contribution in [3.8, 4) is 0 Å². The molecule has 0 radical (unpaired) electrons. The number of rotatable bonds is 2. The fourth-order valence-corrected chi connectivity index (χ4v) is 1.69. The van der Waals surface area contributed by atoms with Crippen LogP contribution in [0, 0.1) is 0 Å². The number of hydrogen-bond donors (Lipinski definition) is 2. The van der Waals surface area contributed by atoms with Gasteiger partial charge in [-0.3, -0.25) is 9.59 Å². The zero-order valence-electron chi connectivity index (χ0n) is 9.65. The summed E-state index contributed by atoms with van der Waals surface area (Å²) in [6, 6.07) is 4.89. The third-order valence-corrected chi connectivity index (χ3v) is 2.56. The van der Waals surface area contributed by atoms with Gasteiger partial charge in [-0.05, 0) is 12.1 Å². The van der Waals surface area contributed by atoms with Crippen molar-refractivity contribution >= 4 is 16.8 Å². The number of carbonyl (C=O) groups excluding carboxylic acids is 1. The summed E-state index contributed by atoms with van der Waals surface area (Å²) in [7, 11) is 0. The summed E-state index contributed by atoms with van der Waals surface area (Å²) in [5.74, 6) is 0.0913. The molecule has 0 spiro atoms. The van der Waals surface area contributed by atoms with Crippen molar-refractivity contribution in [2.24, 2.45) is 5.73 Å². The van der Waals surface area contributed by atoms with Crippen molar-refractivity contribution < 1.29 is 4.79 Å². The maximum absolute atomic E-state index is 11.9. The van der Waals surface area contributed by atoms with Crippen molar-refractivity contribution in [2.45, 2.75) is 19.8 Å². The smallest absolute Gasteiger partial charge is 0.259 e. The molecule has 0 unspecified atom stereocenters. The van der Waals surface area contributed by atoms with Gasteiger partial charge in [-0.25, -0.2) is 4.98 Å². The molecule has 17 heavy (non-hydrogen) atoms. The van der Waals surface area contributed by atoms with Gasteiger partial charge in [-0.2, -0.15) is 0 Å². The molecule has 0 aliphatic carbocycles. The molecule has 5 nitrogen and oxygen atoms in total. The molecule has 0 saturated heterocycles. The number of aromatic amines is 1. The molecule has 1 aromatic carbocycles. The predicted molar refractivity (Wildman–Crippen MR) is 65.0 cm³/mol. The Morgan fingerprint density at radius 3 is 2.71 bits per heavy atom. The van der Waals surface area contributed by atoms with E-state index in [0.29, 0.717) is 11.3 Å². The third-order valence-electron chi connectivity index (χ3n) is 2.56. The normalized spacial score (nSPS) is 11.0. The topological polar surface area (TPSA) is 88.8 Å². The van der Waals surface area contributed by atoms with E-state index in [-0.39, 0.29) is 22.4 Å². The Labute approximate surface area is 97.7 Å². The highest BCUT2D eigenvalue weighted by atomic mass is 16.1. The minimum absolute atomic E-state index is 0.115. The number of hydrogen-bond acceptors (Lipinski definition) is 3. The zero-order valence-corrected chi connectivity index (χ0v) is 9.65. The fourth-order valence-electron chi connectivity index (χ4n) is 1.69. The SMILES string of the molecule is CC(C)c1nc2cccc(C(N)=O)c2c(=O)[nH]1. The predicted octanol–water partition coefficient (Wildman–Crippen LogP) is 1.15. The van der Waals surface area contributed by atoms with Crippen LogP contribution < -0.4 is 11.3 Å². The fraction of sp³-hybridized carbons (Fsp3) is 0.250. The first-order chi connectivity index (χ1) is 8.00. The van der Waals surface area contributed by atoms with Gasteiger partial charge in [0, 0.05) is 5.92 Å². The number of nitrogens with one attached hydrogen (secondary N) is 1. The molecule has 0 bridgehead atoms. The van der Waals surface area contributed by atoms with E-state index in [1.807, 2.05) is 13.8 Å². The summed E-state index contributed by atoms with van der Waals surface area (Å²) < 4.78 is 0. The standard InChI is InChI=1S/C12H13N3O2/c1-6(2)11-14-8-5-3-4-7(10(13)16)9(8)12(17)15-11/h3-6H,1-2H3,(H2,13,16)(H,14,15,17). The number of aromatic nitrogens is 2. The number of benzene rings is 1. The van der Waals surface area contributed by atoms with Crippen LogP contribution in [0.2, 0.25) is 0 Å². The molecule has 0 atom stereocenters. The van der Waals surface area contributed by atoms with Crippen molar-refractivity contribution in [2.75, 3.05) is 0 Å². The Kier molecular flexibility index (Phi) is 2.67. The molecular weight excluding hydrogens is 218 g/mol. The highest BCUT2D eigenvalue weighted by Gasteiger charge is 2.12. The summed E-state index contributed by atoms with van der Waals surface area (Å²) in [4.78, 5) is 30.1. The van der Waals surface area contributed by atoms with Crippen molar-refractivity contribution in [1.29, 1.82) is 0 Å². The number of carbonyl (C=O) groups is 1. The Hall–Kier alpha value is -2.17. The van der Waals surface area contributed by atoms with Crippen LogP contribution >= 0.6 is 0 Å². The zero-order chi connectivity index (χ0) is 12.6. The number of primary amides is 1. The van der Waals surface area contributed by atoms with Crippen LogP contribution in [0.15, 0.2) is 23.0 Å². The monoisotopic (exact) mass is 231 g/mol. The Balaban J connectivity index is 2.86. The van der Waals surface area contributed by atoms with Crippen molar-refractivity contribution in [3.05, 3.63) is 39.9 Å². The molecule has 1 heterocycles. The van der Waals surface area contributed by atoms with E-state index < -0.39 is 5.91 Å². The molecule has 0 aliphatic heterocycles. The maximum atomic E-state index is 11.9. The van der Waals surface area contributed by atoms with Gasteiger partial charge in [-0.1, -0.05) is 19.9 Å². The second kappa shape index (κ2) is 4.01. The van der Waals surface area contributed by atoms with Crippen LogP contribution in [0.4, 0.5) is 0 Å². The molecule has 0 saturated carbocycles. The molecule has 5 heteroatoms. The lowest BCUT2D eigenvalue weighted by molar-refractivity contribution is 0.100. The van der Waals surface area contributed by atoms with E-state index in [4.69, 9.17) is 5.73 Å². The molecule has 88 valence electrons. The summed E-state index contributed by atoms with van der Waals surface area (Å²) >= 11 is 0. The average Bonchev–Trinajstić information content (AvgIpc) is 2.27. The van der Waals surface area contributed by atoms with Crippen LogP contribution in [0.1, 0.15) is 35.9 Å². The largest absolute Gasteiger partial charge is 0.366 e. The molecule has 0 fully saturated rings. The van der Waals surface area contributed by atoms with Gasteiger partial charge in [-0.15, -0.1) is 0 Å². The number of amides is 1. The van der Waals surface area contributed by atoms with Gasteiger partial charge < -0.3 is 10.7 Å². The number of nitrogens with zero attached hydrogens (tertiary/aromatic N) is 1. The van der Waals surface area contributed by atoms with Crippen LogP contribution in [-0.2, 0) is 0 Å². The summed E-state index contributed by atoms with van der Waals surface area (Å²) in [5, 5.41) is 0.254. The van der Waals surface area contributed by atoms with Gasteiger partial charge in [0.15, 0.2) is 0 Å². The molecule has 2 aromatic rings. The maximum Gasteiger partial charge on any atom is 0.259 e. The van der Waals surface area contributed by atoms with E-state index in [0.717, 1.165) is 0 Å². The van der Waals surface area contributed by atoms with Crippen LogP contribution in [0.3, 0.4) is 0 Å². The Morgan fingerprint density at radius 1 is 1.41 bits per heavy atom. The van der Waals surface area contributed by atoms with E-state index in [1.54, 1.807) is 12.1 Å². The van der Waals surface area contributed by atoms with Crippen LogP contribution in [0.25, 0.3) is 10.9 Å². The van der Waals surface area contributed by atoms with Gasteiger partial charge in [0.1, 0.15) is 5.82 Å². The van der Waals surface area contributed by atoms with E-state index in [9.17, 15) is 9.59 Å². The second-order valence-electron chi connectivity index (χ2n) is 4.17. The van der Waals surface area contributed by atoms with Gasteiger partial charge >= 0.3 is 0 Å². The first-order valence-corrected chi connectivity index (χ1v) is 5.33. The highest BCUT2D eigenvalue weighted by molar-refractivity contribution is 6.05. The lowest BCUT2D eigenvalue weighted by atomic mass is 10.1. The molecule has 1 aromatic heterocycles. The summed E-state index contributed by atoms with van der Waals surface area (Å²) in [6.45, 7) is 3.87. The minimum Gasteiger partial charge on any atom is -0.366 e. The number of nitrogens with two attached hydrogens (primary N) is 1. The number of H-pyrrole nitrogens is 1. The molecule has 1 amide bonds. The molecule has 0 aliphatic rings. The Bertz CT molecular complexity index is 644. The minimum atomic E-state index is -0.625. The van der Waals surface area contributed by atoms with Gasteiger partial charge in [0.2, 0.25) is 5.91 Å². The summed E-state index contributed by atoms with van der Waals surface area (Å²) in [6.07, 6.45) is 0. The third kappa shape index (κ3) is 1.91. The lowest BCUT2D eigenvalue weighted by Crippen LogP contribution is -2.19. The van der Waals surface area contributed by atoms with Gasteiger partial charge in [0.05, 0.1) is 16.5 Å². The molecule has 2 rings (SSSR count). The van der Waals surface area contributed by atoms with Crippen LogP contribution in [-0.4, -0.2) is 15.9 Å². The van der Waals surface area contributed by atoms with Crippen molar-refractivity contribution in [1.82, 2.24) is 9.97 Å². The average molecular weight is 231 g/mol. The highest BCUT2D eigenvalue weighted by Crippen LogP contribution is 2.15. The number of fused-ring (bicyclic) bond motifs is 1. The van der Waals surface area contributed by atoms with E-state index in [1.165, 1.54) is 6.07 Å².